The van der Waals surface area contributed by atoms with Crippen molar-refractivity contribution in [3.63, 3.8) is 0 Å². The number of halogens is 1. The largest absolute Gasteiger partial charge is 0.490 e. The molecule has 0 saturated carbocycles. The van der Waals surface area contributed by atoms with Crippen molar-refractivity contribution in [3.8, 4) is 17.6 Å². The molecule has 0 bridgehead atoms. The second kappa shape index (κ2) is 7.27. The van der Waals surface area contributed by atoms with E-state index in [9.17, 15) is 4.39 Å². The van der Waals surface area contributed by atoms with Gasteiger partial charge in [0.1, 0.15) is 6.61 Å². The van der Waals surface area contributed by atoms with E-state index in [0.717, 1.165) is 5.69 Å². The lowest BCUT2D eigenvalue weighted by Gasteiger charge is -2.07. The summed E-state index contributed by atoms with van der Waals surface area (Å²) >= 11 is 0. The second-order valence-corrected chi connectivity index (χ2v) is 4.02. The molecule has 0 aliphatic heterocycles. The highest BCUT2D eigenvalue weighted by Gasteiger charge is 2.04. The first-order valence-corrected chi connectivity index (χ1v) is 6.21. The number of pyridine rings is 1. The Labute approximate surface area is 117 Å². The van der Waals surface area contributed by atoms with Crippen molar-refractivity contribution >= 4 is 0 Å². The number of hydrogen-bond acceptors (Lipinski definition) is 3. The molecule has 3 nitrogen and oxygen atoms in total. The van der Waals surface area contributed by atoms with Crippen LogP contribution in [-0.4, -0.2) is 23.3 Å². The highest BCUT2D eigenvalue weighted by atomic mass is 19.1. The van der Waals surface area contributed by atoms with Gasteiger partial charge in [-0.3, -0.25) is 4.98 Å². The van der Waals surface area contributed by atoms with Crippen molar-refractivity contribution in [1.29, 1.82) is 0 Å². The van der Waals surface area contributed by atoms with Gasteiger partial charge in [0.25, 0.3) is 0 Å². The Morgan fingerprint density at radius 2 is 2.15 bits per heavy atom. The van der Waals surface area contributed by atoms with Crippen LogP contribution in [0.3, 0.4) is 0 Å². The number of aliphatic hydroxyl groups is 1. The van der Waals surface area contributed by atoms with Crippen LogP contribution in [0, 0.1) is 17.7 Å². The minimum atomic E-state index is -0.430. The predicted molar refractivity (Wildman–Crippen MR) is 73.8 cm³/mol. The van der Waals surface area contributed by atoms with E-state index in [1.807, 2.05) is 18.2 Å². The zero-order chi connectivity index (χ0) is 14.2. The van der Waals surface area contributed by atoms with E-state index in [1.165, 1.54) is 12.1 Å². The zero-order valence-electron chi connectivity index (χ0n) is 10.8. The fraction of sp³-hybridized carbons (Fsp3) is 0.188. The van der Waals surface area contributed by atoms with Gasteiger partial charge in [0, 0.05) is 23.9 Å². The Morgan fingerprint density at radius 3 is 2.90 bits per heavy atom. The van der Waals surface area contributed by atoms with Gasteiger partial charge in [-0.25, -0.2) is 4.39 Å². The summed E-state index contributed by atoms with van der Waals surface area (Å²) in [7, 11) is 0. The Morgan fingerprint density at radius 1 is 1.25 bits per heavy atom. The molecule has 0 amide bonds. The third-order valence-corrected chi connectivity index (χ3v) is 2.58. The molecule has 4 heteroatoms. The van der Waals surface area contributed by atoms with Gasteiger partial charge in [-0.05, 0) is 30.3 Å². The van der Waals surface area contributed by atoms with Crippen molar-refractivity contribution in [2.75, 3.05) is 13.2 Å². The van der Waals surface area contributed by atoms with Crippen LogP contribution in [-0.2, 0) is 6.42 Å². The standard InChI is InChI=1S/C16H14FNO2/c17-15-7-6-13(4-3-10-19)12-16(15)20-11-8-14-5-1-2-9-18-14/h1-2,5-7,9,12,19H,8,10-11H2. The minimum absolute atomic E-state index is 0.158. The predicted octanol–water partition coefficient (Wildman–Crippen LogP) is 2.19. The van der Waals surface area contributed by atoms with Gasteiger partial charge < -0.3 is 9.84 Å². The molecule has 1 aromatic carbocycles. The summed E-state index contributed by atoms with van der Waals surface area (Å²) in [6, 6.07) is 10.0. The molecule has 0 atom stereocenters. The first-order valence-electron chi connectivity index (χ1n) is 6.21. The monoisotopic (exact) mass is 271 g/mol. The molecule has 102 valence electrons. The maximum absolute atomic E-state index is 13.6. The van der Waals surface area contributed by atoms with Gasteiger partial charge in [-0.15, -0.1) is 0 Å². The van der Waals surface area contributed by atoms with Crippen molar-refractivity contribution in [3.05, 3.63) is 59.7 Å². The van der Waals surface area contributed by atoms with Gasteiger partial charge in [-0.2, -0.15) is 0 Å². The second-order valence-electron chi connectivity index (χ2n) is 4.02. The quantitative estimate of drug-likeness (QED) is 0.867. The topological polar surface area (TPSA) is 42.4 Å². The van der Waals surface area contributed by atoms with E-state index in [-0.39, 0.29) is 12.4 Å². The van der Waals surface area contributed by atoms with Gasteiger partial charge in [-0.1, -0.05) is 17.9 Å². The number of aromatic nitrogens is 1. The molecule has 0 radical (unpaired) electrons. The molecule has 2 rings (SSSR count). The van der Waals surface area contributed by atoms with Crippen LogP contribution in [0.25, 0.3) is 0 Å². The molecule has 0 aliphatic rings. The number of rotatable bonds is 4. The first-order chi connectivity index (χ1) is 9.79. The van der Waals surface area contributed by atoms with E-state index >= 15 is 0 Å². The number of nitrogens with zero attached hydrogens (tertiary/aromatic N) is 1. The van der Waals surface area contributed by atoms with Gasteiger partial charge >= 0.3 is 0 Å². The molecule has 1 N–H and O–H groups in total. The third kappa shape index (κ3) is 4.08. The number of benzene rings is 1. The van der Waals surface area contributed by atoms with Gasteiger partial charge in [0.05, 0.1) is 6.61 Å². The fourth-order valence-electron chi connectivity index (χ4n) is 1.64. The Bertz CT molecular complexity index is 617. The lowest BCUT2D eigenvalue weighted by molar-refractivity contribution is 0.304. The highest BCUT2D eigenvalue weighted by molar-refractivity contribution is 5.40. The van der Waals surface area contributed by atoms with Crippen LogP contribution in [0.15, 0.2) is 42.6 Å². The van der Waals surface area contributed by atoms with E-state index in [2.05, 4.69) is 16.8 Å². The molecule has 0 aliphatic carbocycles. The summed E-state index contributed by atoms with van der Waals surface area (Å²) in [5.41, 5.74) is 1.50. The summed E-state index contributed by atoms with van der Waals surface area (Å²) in [5, 5.41) is 8.63. The average Bonchev–Trinajstić information content (AvgIpc) is 2.49. The Kier molecular flexibility index (Phi) is 5.10. The van der Waals surface area contributed by atoms with Crippen LogP contribution in [0.1, 0.15) is 11.3 Å². The van der Waals surface area contributed by atoms with Crippen molar-refractivity contribution in [2.24, 2.45) is 0 Å². The molecular weight excluding hydrogens is 257 g/mol. The molecule has 0 saturated heterocycles. The molecule has 0 spiro atoms. The molecule has 0 fully saturated rings. The number of ether oxygens (including phenoxy) is 1. The highest BCUT2D eigenvalue weighted by Crippen LogP contribution is 2.18. The summed E-state index contributed by atoms with van der Waals surface area (Å²) in [6.45, 7) is 0.109. The smallest absolute Gasteiger partial charge is 0.165 e. The van der Waals surface area contributed by atoms with Crippen LogP contribution in [0.2, 0.25) is 0 Å². The Balaban J connectivity index is 1.98. The fourth-order valence-corrected chi connectivity index (χ4v) is 1.64. The summed E-state index contributed by atoms with van der Waals surface area (Å²) in [6.07, 6.45) is 2.31. The first kappa shape index (κ1) is 14.0. The Hall–Kier alpha value is -2.38. The molecule has 0 unspecified atom stereocenters. The lowest BCUT2D eigenvalue weighted by atomic mass is 10.2. The average molecular weight is 271 g/mol. The maximum Gasteiger partial charge on any atom is 0.165 e. The van der Waals surface area contributed by atoms with E-state index in [1.54, 1.807) is 12.3 Å². The van der Waals surface area contributed by atoms with E-state index < -0.39 is 5.82 Å². The summed E-state index contributed by atoms with van der Waals surface area (Å²) in [4.78, 5) is 4.17. The SMILES string of the molecule is OCC#Cc1ccc(F)c(OCCc2ccccn2)c1. The van der Waals surface area contributed by atoms with Gasteiger partial charge in [0.15, 0.2) is 11.6 Å². The lowest BCUT2D eigenvalue weighted by Crippen LogP contribution is -2.04. The molecular formula is C16H14FNO2. The minimum Gasteiger partial charge on any atom is -0.490 e. The number of aliphatic hydroxyl groups excluding tert-OH is 1. The summed E-state index contributed by atoms with van der Waals surface area (Å²) < 4.78 is 19.0. The number of hydrogen-bond donors (Lipinski definition) is 1. The molecule has 2 aromatic rings. The van der Waals surface area contributed by atoms with Crippen molar-refractivity contribution < 1.29 is 14.2 Å². The molecule has 20 heavy (non-hydrogen) atoms. The van der Waals surface area contributed by atoms with Crippen LogP contribution in [0.4, 0.5) is 4.39 Å². The van der Waals surface area contributed by atoms with E-state index in [4.69, 9.17) is 9.84 Å². The van der Waals surface area contributed by atoms with Crippen LogP contribution in [0.5, 0.6) is 5.75 Å². The zero-order valence-corrected chi connectivity index (χ0v) is 10.8. The summed E-state index contributed by atoms with van der Waals surface area (Å²) in [5.74, 6) is 4.95. The maximum atomic E-state index is 13.6. The van der Waals surface area contributed by atoms with Crippen molar-refractivity contribution in [2.45, 2.75) is 6.42 Å². The van der Waals surface area contributed by atoms with Crippen LogP contribution >= 0.6 is 0 Å². The van der Waals surface area contributed by atoms with Crippen molar-refractivity contribution in [1.82, 2.24) is 4.98 Å². The third-order valence-electron chi connectivity index (χ3n) is 2.58. The van der Waals surface area contributed by atoms with E-state index in [0.29, 0.717) is 18.6 Å². The molecule has 1 aromatic heterocycles. The van der Waals surface area contributed by atoms with Gasteiger partial charge in [0.2, 0.25) is 0 Å². The van der Waals surface area contributed by atoms with Crippen LogP contribution < -0.4 is 4.74 Å². The molecule has 1 heterocycles. The normalized spacial score (nSPS) is 9.70.